The maximum atomic E-state index is 12.5. The number of ether oxygens (including phenoxy) is 1. The lowest BCUT2D eigenvalue weighted by Gasteiger charge is -2.38. The molecule has 0 saturated heterocycles. The van der Waals surface area contributed by atoms with Crippen molar-refractivity contribution in [3.8, 4) is 0 Å². The van der Waals surface area contributed by atoms with Crippen molar-refractivity contribution in [3.05, 3.63) is 65.7 Å². The van der Waals surface area contributed by atoms with Crippen molar-refractivity contribution >= 4 is 9.84 Å². The Morgan fingerprint density at radius 1 is 1.05 bits per heavy atom. The monoisotopic (exact) mass is 316 g/mol. The largest absolute Gasteiger partial charge is 0.366 e. The van der Waals surface area contributed by atoms with Gasteiger partial charge in [0, 0.05) is 6.42 Å². The van der Waals surface area contributed by atoms with E-state index in [0.717, 1.165) is 5.56 Å². The van der Waals surface area contributed by atoms with E-state index in [1.807, 2.05) is 32.0 Å². The smallest absolute Gasteiger partial charge is 0.180 e. The maximum absolute atomic E-state index is 12.5. The molecule has 4 heteroatoms. The van der Waals surface area contributed by atoms with Crippen molar-refractivity contribution in [2.45, 2.75) is 36.9 Å². The van der Waals surface area contributed by atoms with Crippen LogP contribution >= 0.6 is 0 Å². The summed E-state index contributed by atoms with van der Waals surface area (Å²) >= 11 is 0. The molecular weight excluding hydrogens is 296 g/mol. The number of benzene rings is 2. The molecular formula is C18H20O3S. The predicted octanol–water partition coefficient (Wildman–Crippen LogP) is 3.34. The summed E-state index contributed by atoms with van der Waals surface area (Å²) in [6.07, 6.45) is 0.307. The first kappa shape index (κ1) is 15.3. The molecule has 0 aromatic heterocycles. The zero-order valence-electron chi connectivity index (χ0n) is 12.8. The molecule has 0 bridgehead atoms. The molecule has 0 aliphatic carbocycles. The molecule has 1 aliphatic rings. The molecule has 116 valence electrons. The summed E-state index contributed by atoms with van der Waals surface area (Å²) in [4.78, 5) is 0.357. The lowest BCUT2D eigenvalue weighted by molar-refractivity contribution is -0.0777. The van der Waals surface area contributed by atoms with Crippen molar-refractivity contribution in [1.29, 1.82) is 0 Å². The second-order valence-corrected chi connectivity index (χ2v) is 8.24. The van der Waals surface area contributed by atoms with E-state index in [0.29, 0.717) is 11.3 Å². The van der Waals surface area contributed by atoms with Crippen LogP contribution in [0.25, 0.3) is 0 Å². The van der Waals surface area contributed by atoms with Crippen LogP contribution in [-0.2, 0) is 26.6 Å². The van der Waals surface area contributed by atoms with Crippen molar-refractivity contribution in [2.24, 2.45) is 0 Å². The first-order valence-electron chi connectivity index (χ1n) is 7.42. The van der Waals surface area contributed by atoms with Gasteiger partial charge in [-0.1, -0.05) is 42.5 Å². The third-order valence-electron chi connectivity index (χ3n) is 4.08. The van der Waals surface area contributed by atoms with Crippen molar-refractivity contribution in [3.63, 3.8) is 0 Å². The van der Waals surface area contributed by atoms with Gasteiger partial charge >= 0.3 is 0 Å². The molecule has 3 nitrogen and oxygen atoms in total. The lowest BCUT2D eigenvalue weighted by atomic mass is 9.87. The first-order chi connectivity index (χ1) is 10.4. The van der Waals surface area contributed by atoms with E-state index in [-0.39, 0.29) is 11.9 Å². The molecule has 0 radical (unpaired) electrons. The molecule has 3 rings (SSSR count). The summed E-state index contributed by atoms with van der Waals surface area (Å²) in [6.45, 7) is 3.99. The zero-order valence-corrected chi connectivity index (χ0v) is 13.6. The molecule has 0 fully saturated rings. The molecule has 0 amide bonds. The Hall–Kier alpha value is -1.65. The Kier molecular flexibility index (Phi) is 3.83. The van der Waals surface area contributed by atoms with Crippen molar-refractivity contribution in [1.82, 2.24) is 0 Å². The Morgan fingerprint density at radius 2 is 1.68 bits per heavy atom. The van der Waals surface area contributed by atoms with Crippen LogP contribution in [0.1, 0.15) is 25.0 Å². The topological polar surface area (TPSA) is 43.4 Å². The second-order valence-electron chi connectivity index (χ2n) is 6.21. The van der Waals surface area contributed by atoms with Crippen LogP contribution < -0.4 is 0 Å². The molecule has 0 unspecified atom stereocenters. The maximum Gasteiger partial charge on any atom is 0.180 e. The highest BCUT2D eigenvalue weighted by molar-refractivity contribution is 7.91. The lowest BCUT2D eigenvalue weighted by Crippen LogP contribution is -2.39. The highest BCUT2D eigenvalue weighted by Gasteiger charge is 2.35. The zero-order chi connectivity index (χ0) is 15.8. The van der Waals surface area contributed by atoms with Gasteiger partial charge in [0.2, 0.25) is 0 Å². The Labute approximate surface area is 131 Å². The molecule has 0 saturated carbocycles. The van der Waals surface area contributed by atoms with Gasteiger partial charge in [-0.05, 0) is 37.1 Å². The van der Waals surface area contributed by atoms with Gasteiger partial charge in [0.05, 0.1) is 22.4 Å². The Morgan fingerprint density at radius 3 is 2.41 bits per heavy atom. The number of fused-ring (bicyclic) bond motifs is 1. The number of hydrogen-bond donors (Lipinski definition) is 0. The Bertz CT molecular complexity index is 764. The third kappa shape index (κ3) is 2.94. The van der Waals surface area contributed by atoms with Crippen LogP contribution in [0.3, 0.4) is 0 Å². The molecule has 2 aromatic rings. The fourth-order valence-corrected chi connectivity index (χ4v) is 4.55. The van der Waals surface area contributed by atoms with Crippen LogP contribution in [0, 0.1) is 0 Å². The predicted molar refractivity (Wildman–Crippen MR) is 86.5 cm³/mol. The SMILES string of the molecule is CC1(C)O[C@H](CS(=O)(=O)c2ccccc2)Cc2ccccc21. The van der Waals surface area contributed by atoms with E-state index in [4.69, 9.17) is 4.74 Å². The second kappa shape index (κ2) is 5.52. The summed E-state index contributed by atoms with van der Waals surface area (Å²) in [7, 11) is -3.34. The van der Waals surface area contributed by atoms with Crippen LogP contribution in [-0.4, -0.2) is 20.3 Å². The van der Waals surface area contributed by atoms with Gasteiger partial charge in [0.15, 0.2) is 9.84 Å². The molecule has 1 heterocycles. The van der Waals surface area contributed by atoms with Crippen LogP contribution in [0.2, 0.25) is 0 Å². The van der Waals surface area contributed by atoms with Crippen molar-refractivity contribution < 1.29 is 13.2 Å². The fraction of sp³-hybridized carbons (Fsp3) is 0.333. The molecule has 2 aromatic carbocycles. The molecule has 0 spiro atoms. The van der Waals surface area contributed by atoms with Crippen LogP contribution in [0.5, 0.6) is 0 Å². The van der Waals surface area contributed by atoms with E-state index in [9.17, 15) is 8.42 Å². The highest BCUT2D eigenvalue weighted by atomic mass is 32.2. The summed E-state index contributed by atoms with van der Waals surface area (Å²) in [6, 6.07) is 16.7. The van der Waals surface area contributed by atoms with Gasteiger partial charge in [0.25, 0.3) is 0 Å². The van der Waals surface area contributed by atoms with E-state index in [1.54, 1.807) is 24.3 Å². The first-order valence-corrected chi connectivity index (χ1v) is 9.08. The average molecular weight is 316 g/mol. The highest BCUT2D eigenvalue weighted by Crippen LogP contribution is 2.35. The van der Waals surface area contributed by atoms with E-state index < -0.39 is 15.4 Å². The summed E-state index contributed by atoms with van der Waals surface area (Å²) in [5.74, 6) is 0.00871. The van der Waals surface area contributed by atoms with Gasteiger partial charge in [-0.2, -0.15) is 0 Å². The number of rotatable bonds is 3. The summed E-state index contributed by atoms with van der Waals surface area (Å²) in [5.41, 5.74) is 1.85. The van der Waals surface area contributed by atoms with Gasteiger partial charge in [-0.3, -0.25) is 0 Å². The van der Waals surface area contributed by atoms with Crippen LogP contribution in [0.4, 0.5) is 0 Å². The van der Waals surface area contributed by atoms with Crippen molar-refractivity contribution in [2.75, 3.05) is 5.75 Å². The molecule has 0 N–H and O–H groups in total. The third-order valence-corrected chi connectivity index (χ3v) is 5.88. The van der Waals surface area contributed by atoms with E-state index in [2.05, 4.69) is 12.1 Å². The van der Waals surface area contributed by atoms with Gasteiger partial charge < -0.3 is 4.74 Å². The fourth-order valence-electron chi connectivity index (χ4n) is 3.11. The number of sulfone groups is 1. The van der Waals surface area contributed by atoms with Crippen LogP contribution in [0.15, 0.2) is 59.5 Å². The quantitative estimate of drug-likeness (QED) is 0.872. The standard InChI is InChI=1S/C18H20O3S/c1-18(2)17-11-7-6-8-14(17)12-15(21-18)13-22(19,20)16-9-4-3-5-10-16/h3-11,15H,12-13H2,1-2H3/t15-/m0/s1. The van der Waals surface area contributed by atoms with Gasteiger partial charge in [0.1, 0.15) is 0 Å². The van der Waals surface area contributed by atoms with E-state index in [1.165, 1.54) is 5.56 Å². The molecule has 22 heavy (non-hydrogen) atoms. The van der Waals surface area contributed by atoms with Gasteiger partial charge in [-0.15, -0.1) is 0 Å². The van der Waals surface area contributed by atoms with E-state index >= 15 is 0 Å². The molecule has 1 atom stereocenters. The minimum absolute atomic E-state index is 0.00871. The minimum atomic E-state index is -3.34. The minimum Gasteiger partial charge on any atom is -0.366 e. The number of hydrogen-bond acceptors (Lipinski definition) is 3. The average Bonchev–Trinajstić information content (AvgIpc) is 2.47. The van der Waals surface area contributed by atoms with Gasteiger partial charge in [-0.25, -0.2) is 8.42 Å². The molecule has 1 aliphatic heterocycles. The summed E-state index contributed by atoms with van der Waals surface area (Å²) < 4.78 is 31.2. The Balaban J connectivity index is 1.87. The summed E-state index contributed by atoms with van der Waals surface area (Å²) in [5, 5.41) is 0. The normalized spacial score (nSPS) is 20.4.